The van der Waals surface area contributed by atoms with E-state index in [4.69, 9.17) is 0 Å². The first-order chi connectivity index (χ1) is 6.22. The van der Waals surface area contributed by atoms with Crippen molar-refractivity contribution in [3.05, 3.63) is 28.4 Å². The van der Waals surface area contributed by atoms with Crippen molar-refractivity contribution in [2.24, 2.45) is 7.05 Å². The quantitative estimate of drug-likeness (QED) is 0.714. The van der Waals surface area contributed by atoms with Gasteiger partial charge in [0.15, 0.2) is 6.29 Å². The number of aryl methyl sites for hydroxylation is 1. The molecule has 0 aliphatic rings. The van der Waals surface area contributed by atoms with Gasteiger partial charge < -0.3 is 0 Å². The molecule has 1 aromatic carbocycles. The van der Waals surface area contributed by atoms with Crippen LogP contribution in [-0.4, -0.2) is 16.1 Å². The van der Waals surface area contributed by atoms with Crippen LogP contribution in [0.4, 0.5) is 0 Å². The summed E-state index contributed by atoms with van der Waals surface area (Å²) in [5.74, 6) is 0. The van der Waals surface area contributed by atoms with Crippen molar-refractivity contribution in [1.29, 1.82) is 0 Å². The number of hydrogen-bond acceptors (Lipinski definition) is 2. The Morgan fingerprint density at radius 3 is 3.00 bits per heavy atom. The molecule has 0 saturated carbocycles. The number of aromatic nitrogens is 2. The topological polar surface area (TPSA) is 34.9 Å². The average Bonchev–Trinajstić information content (AvgIpc) is 2.47. The summed E-state index contributed by atoms with van der Waals surface area (Å²) in [7, 11) is 1.85. The van der Waals surface area contributed by atoms with Crippen LogP contribution in [0.1, 0.15) is 10.4 Å². The molecule has 13 heavy (non-hydrogen) atoms. The van der Waals surface area contributed by atoms with E-state index in [0.29, 0.717) is 5.56 Å². The van der Waals surface area contributed by atoms with Crippen LogP contribution in [0.3, 0.4) is 0 Å². The summed E-state index contributed by atoms with van der Waals surface area (Å²) in [5, 5.41) is 4.97. The van der Waals surface area contributed by atoms with Gasteiger partial charge in [-0.1, -0.05) is 15.9 Å². The molecule has 1 aromatic heterocycles. The van der Waals surface area contributed by atoms with E-state index in [9.17, 15) is 4.79 Å². The van der Waals surface area contributed by atoms with E-state index in [-0.39, 0.29) is 0 Å². The summed E-state index contributed by atoms with van der Waals surface area (Å²) in [6, 6.07) is 3.73. The van der Waals surface area contributed by atoms with Crippen molar-refractivity contribution in [3.8, 4) is 0 Å². The first-order valence-corrected chi connectivity index (χ1v) is 4.58. The van der Waals surface area contributed by atoms with Crippen molar-refractivity contribution in [2.45, 2.75) is 0 Å². The van der Waals surface area contributed by atoms with Crippen LogP contribution < -0.4 is 0 Å². The highest BCUT2D eigenvalue weighted by atomic mass is 79.9. The molecule has 0 unspecified atom stereocenters. The lowest BCUT2D eigenvalue weighted by Gasteiger charge is -1.97. The number of nitrogens with zero attached hydrogens (tertiary/aromatic N) is 2. The lowest BCUT2D eigenvalue weighted by Crippen LogP contribution is -1.89. The first kappa shape index (κ1) is 8.44. The highest BCUT2D eigenvalue weighted by Crippen LogP contribution is 2.22. The van der Waals surface area contributed by atoms with Crippen molar-refractivity contribution in [3.63, 3.8) is 0 Å². The van der Waals surface area contributed by atoms with E-state index in [1.54, 1.807) is 16.9 Å². The van der Waals surface area contributed by atoms with E-state index in [1.165, 1.54) is 0 Å². The Hall–Kier alpha value is -1.16. The molecule has 3 nitrogen and oxygen atoms in total. The molecule has 0 atom stereocenters. The van der Waals surface area contributed by atoms with Gasteiger partial charge in [0.1, 0.15) is 0 Å². The number of aldehydes is 1. The van der Waals surface area contributed by atoms with Crippen LogP contribution in [-0.2, 0) is 7.05 Å². The minimum atomic E-state index is 0.664. The van der Waals surface area contributed by atoms with Crippen LogP contribution in [0.25, 0.3) is 10.9 Å². The Morgan fingerprint density at radius 2 is 2.31 bits per heavy atom. The normalized spacial score (nSPS) is 10.6. The molecule has 0 aliphatic carbocycles. The summed E-state index contributed by atoms with van der Waals surface area (Å²) >= 11 is 3.34. The maximum Gasteiger partial charge on any atom is 0.150 e. The summed E-state index contributed by atoms with van der Waals surface area (Å²) in [4.78, 5) is 10.7. The number of hydrogen-bond donors (Lipinski definition) is 0. The van der Waals surface area contributed by atoms with Crippen molar-refractivity contribution in [2.75, 3.05) is 0 Å². The maximum atomic E-state index is 10.7. The van der Waals surface area contributed by atoms with E-state index >= 15 is 0 Å². The molecule has 2 aromatic rings. The molecule has 0 N–H and O–H groups in total. The number of benzene rings is 1. The van der Waals surface area contributed by atoms with Gasteiger partial charge in [0.25, 0.3) is 0 Å². The van der Waals surface area contributed by atoms with E-state index in [0.717, 1.165) is 21.7 Å². The molecule has 0 saturated heterocycles. The van der Waals surface area contributed by atoms with Crippen LogP contribution in [0.2, 0.25) is 0 Å². The summed E-state index contributed by atoms with van der Waals surface area (Å²) in [6.07, 6.45) is 2.54. The molecule has 0 fully saturated rings. The van der Waals surface area contributed by atoms with Gasteiger partial charge in [-0.05, 0) is 12.1 Å². The Labute approximate surface area is 83.5 Å². The number of carbonyl (C=O) groups is 1. The van der Waals surface area contributed by atoms with Gasteiger partial charge in [0.2, 0.25) is 0 Å². The second-order valence-electron chi connectivity index (χ2n) is 2.81. The Balaban J connectivity index is 2.91. The van der Waals surface area contributed by atoms with Gasteiger partial charge >= 0.3 is 0 Å². The predicted molar refractivity (Wildman–Crippen MR) is 53.8 cm³/mol. The minimum Gasteiger partial charge on any atom is -0.298 e. The van der Waals surface area contributed by atoms with Crippen LogP contribution in [0, 0.1) is 0 Å². The fourth-order valence-corrected chi connectivity index (χ4v) is 1.80. The highest BCUT2D eigenvalue weighted by Gasteiger charge is 2.05. The summed E-state index contributed by atoms with van der Waals surface area (Å²) < 4.78 is 2.64. The van der Waals surface area contributed by atoms with Crippen LogP contribution in [0.5, 0.6) is 0 Å². The van der Waals surface area contributed by atoms with Gasteiger partial charge in [-0.2, -0.15) is 5.10 Å². The van der Waals surface area contributed by atoms with E-state index in [1.807, 2.05) is 13.1 Å². The van der Waals surface area contributed by atoms with Crippen molar-refractivity contribution in [1.82, 2.24) is 9.78 Å². The molecule has 0 spiro atoms. The number of carbonyl (C=O) groups excluding carboxylic acids is 1. The average molecular weight is 239 g/mol. The molecular weight excluding hydrogens is 232 g/mol. The SMILES string of the molecule is Cn1ncc2c(C=O)cc(Br)cc21. The van der Waals surface area contributed by atoms with Gasteiger partial charge in [0.05, 0.1) is 11.7 Å². The fourth-order valence-electron chi connectivity index (χ4n) is 1.34. The molecule has 4 heteroatoms. The van der Waals surface area contributed by atoms with Crippen LogP contribution >= 0.6 is 15.9 Å². The smallest absolute Gasteiger partial charge is 0.150 e. The molecular formula is C9H7BrN2O. The number of fused-ring (bicyclic) bond motifs is 1. The summed E-state index contributed by atoms with van der Waals surface area (Å²) in [6.45, 7) is 0. The van der Waals surface area contributed by atoms with Gasteiger partial charge in [0, 0.05) is 22.5 Å². The molecule has 66 valence electrons. The zero-order valence-corrected chi connectivity index (χ0v) is 8.58. The predicted octanol–water partition coefficient (Wildman–Crippen LogP) is 2.15. The Bertz CT molecular complexity index is 476. The van der Waals surface area contributed by atoms with Gasteiger partial charge in [-0.3, -0.25) is 9.48 Å². The maximum absolute atomic E-state index is 10.7. The number of rotatable bonds is 1. The summed E-state index contributed by atoms with van der Waals surface area (Å²) in [5.41, 5.74) is 1.62. The highest BCUT2D eigenvalue weighted by molar-refractivity contribution is 9.10. The fraction of sp³-hybridized carbons (Fsp3) is 0.111. The lowest BCUT2D eigenvalue weighted by atomic mass is 10.1. The third-order valence-electron chi connectivity index (χ3n) is 1.99. The van der Waals surface area contributed by atoms with Crippen LogP contribution in [0.15, 0.2) is 22.8 Å². The van der Waals surface area contributed by atoms with E-state index in [2.05, 4.69) is 21.0 Å². The van der Waals surface area contributed by atoms with Crippen molar-refractivity contribution < 1.29 is 4.79 Å². The Morgan fingerprint density at radius 1 is 1.54 bits per heavy atom. The molecule has 1 heterocycles. The van der Waals surface area contributed by atoms with Gasteiger partial charge in [-0.25, -0.2) is 0 Å². The monoisotopic (exact) mass is 238 g/mol. The zero-order valence-electron chi connectivity index (χ0n) is 6.99. The molecule has 0 aliphatic heterocycles. The minimum absolute atomic E-state index is 0.664. The zero-order chi connectivity index (χ0) is 9.42. The lowest BCUT2D eigenvalue weighted by molar-refractivity contribution is 0.112. The largest absolute Gasteiger partial charge is 0.298 e. The van der Waals surface area contributed by atoms with E-state index < -0.39 is 0 Å². The first-order valence-electron chi connectivity index (χ1n) is 3.79. The third-order valence-corrected chi connectivity index (χ3v) is 2.45. The standard InChI is InChI=1S/C9H7BrN2O/c1-12-9-3-7(10)2-6(5-13)8(9)4-11-12/h2-5H,1H3. The molecule has 2 rings (SSSR count). The molecule has 0 bridgehead atoms. The van der Waals surface area contributed by atoms with Crippen molar-refractivity contribution >= 4 is 33.1 Å². The van der Waals surface area contributed by atoms with Gasteiger partial charge in [-0.15, -0.1) is 0 Å². The number of halogens is 1. The second kappa shape index (κ2) is 2.96. The Kier molecular flexibility index (Phi) is 1.92. The second-order valence-corrected chi connectivity index (χ2v) is 3.73. The molecule has 0 amide bonds. The third kappa shape index (κ3) is 1.27. The molecule has 0 radical (unpaired) electrons.